The summed E-state index contributed by atoms with van der Waals surface area (Å²) in [6.07, 6.45) is 0. The number of aromatic amines is 1. The van der Waals surface area contributed by atoms with E-state index in [1.54, 1.807) is 30.3 Å². The molecule has 2 unspecified atom stereocenters. The highest BCUT2D eigenvalue weighted by molar-refractivity contribution is 6.43. The Morgan fingerprint density at radius 3 is 2.42 bits per heavy atom. The molecule has 3 heterocycles. The van der Waals surface area contributed by atoms with E-state index in [1.807, 2.05) is 18.7 Å². The van der Waals surface area contributed by atoms with Crippen molar-refractivity contribution in [3.8, 4) is 0 Å². The Morgan fingerprint density at radius 2 is 1.71 bits per heavy atom. The van der Waals surface area contributed by atoms with E-state index < -0.39 is 11.7 Å². The van der Waals surface area contributed by atoms with E-state index in [2.05, 4.69) is 16.8 Å². The van der Waals surface area contributed by atoms with Crippen molar-refractivity contribution in [2.75, 3.05) is 39.4 Å². The number of halogens is 1. The minimum atomic E-state index is -0.581. The zero-order valence-electron chi connectivity index (χ0n) is 22.0. The highest BCUT2D eigenvalue weighted by Gasteiger charge is 2.34. The van der Waals surface area contributed by atoms with Gasteiger partial charge >= 0.3 is 0 Å². The first-order valence-corrected chi connectivity index (χ1v) is 13.1. The predicted octanol–water partition coefficient (Wildman–Crippen LogP) is 3.39. The molecule has 2 amide bonds. The number of piperazine rings is 1. The number of amides is 2. The van der Waals surface area contributed by atoms with Crippen molar-refractivity contribution in [2.45, 2.75) is 39.4 Å². The maximum absolute atomic E-state index is 13.9. The van der Waals surface area contributed by atoms with Gasteiger partial charge < -0.3 is 19.5 Å². The van der Waals surface area contributed by atoms with Gasteiger partial charge in [-0.2, -0.15) is 0 Å². The van der Waals surface area contributed by atoms with E-state index in [0.717, 1.165) is 16.8 Å². The number of aromatic nitrogens is 1. The number of hydrogen-bond acceptors (Lipinski definition) is 5. The lowest BCUT2D eigenvalue weighted by atomic mass is 10.0. The third-order valence-electron chi connectivity index (χ3n) is 7.63. The molecule has 1 N–H and O–H groups in total. The summed E-state index contributed by atoms with van der Waals surface area (Å²) >= 11 is 0. The highest BCUT2D eigenvalue weighted by atomic mass is 19.1. The van der Waals surface area contributed by atoms with Crippen LogP contribution in [0, 0.1) is 12.7 Å². The molecule has 38 heavy (non-hydrogen) atoms. The SMILES string of the molecule is Cc1[nH]c2ccc(C(=O)C(=O)N3CCOCC3)cc2c1C(=O)N1CC(C)N(Cc2ccc(F)cc2)CC1C. The number of H-pyrrole nitrogens is 1. The van der Waals surface area contributed by atoms with Gasteiger partial charge in [0.05, 0.1) is 18.8 Å². The Bertz CT molecular complexity index is 1360. The lowest BCUT2D eigenvalue weighted by Crippen LogP contribution is -2.57. The summed E-state index contributed by atoms with van der Waals surface area (Å²) in [5.41, 5.74) is 3.30. The zero-order chi connectivity index (χ0) is 27.0. The summed E-state index contributed by atoms with van der Waals surface area (Å²) in [6.45, 7) is 9.50. The number of rotatable bonds is 5. The van der Waals surface area contributed by atoms with Crippen LogP contribution < -0.4 is 0 Å². The molecule has 1 aromatic heterocycles. The van der Waals surface area contributed by atoms with Crippen LogP contribution in [-0.2, 0) is 16.1 Å². The van der Waals surface area contributed by atoms with Crippen LogP contribution in [0.1, 0.15) is 45.8 Å². The molecule has 0 bridgehead atoms. The number of fused-ring (bicyclic) bond motifs is 1. The molecular weight excluding hydrogens is 487 g/mol. The number of nitrogens with one attached hydrogen (secondary N) is 1. The molecule has 0 saturated carbocycles. The summed E-state index contributed by atoms with van der Waals surface area (Å²) in [5.74, 6) is -1.48. The van der Waals surface area contributed by atoms with E-state index in [4.69, 9.17) is 4.74 Å². The third kappa shape index (κ3) is 5.08. The number of aryl methyl sites for hydroxylation is 1. The van der Waals surface area contributed by atoms with Crippen molar-refractivity contribution in [1.82, 2.24) is 19.7 Å². The third-order valence-corrected chi connectivity index (χ3v) is 7.63. The van der Waals surface area contributed by atoms with Crippen LogP contribution in [0.3, 0.4) is 0 Å². The summed E-state index contributed by atoms with van der Waals surface area (Å²) < 4.78 is 18.6. The molecule has 3 aromatic rings. The highest BCUT2D eigenvalue weighted by Crippen LogP contribution is 2.28. The van der Waals surface area contributed by atoms with Gasteiger partial charge in [-0.25, -0.2) is 4.39 Å². The van der Waals surface area contributed by atoms with Gasteiger partial charge in [0.15, 0.2) is 0 Å². The Hall–Kier alpha value is -3.56. The predicted molar refractivity (Wildman–Crippen MR) is 142 cm³/mol. The van der Waals surface area contributed by atoms with Crippen molar-refractivity contribution in [3.63, 3.8) is 0 Å². The van der Waals surface area contributed by atoms with Crippen LogP contribution in [0.15, 0.2) is 42.5 Å². The van der Waals surface area contributed by atoms with E-state index in [1.165, 1.54) is 17.0 Å². The molecule has 9 heteroatoms. The van der Waals surface area contributed by atoms with E-state index in [0.29, 0.717) is 56.9 Å². The van der Waals surface area contributed by atoms with E-state index in [9.17, 15) is 18.8 Å². The summed E-state index contributed by atoms with van der Waals surface area (Å²) in [6, 6.07) is 11.6. The van der Waals surface area contributed by atoms with E-state index in [-0.39, 0.29) is 29.4 Å². The first-order valence-electron chi connectivity index (χ1n) is 13.1. The number of carbonyl (C=O) groups excluding carboxylic acids is 3. The number of ketones is 1. The van der Waals surface area contributed by atoms with Crippen molar-refractivity contribution >= 4 is 28.5 Å². The monoisotopic (exact) mass is 520 g/mol. The second-order valence-corrected chi connectivity index (χ2v) is 10.3. The molecule has 2 aliphatic rings. The second kappa shape index (κ2) is 10.7. The van der Waals surface area contributed by atoms with Crippen molar-refractivity contribution in [1.29, 1.82) is 0 Å². The Morgan fingerprint density at radius 1 is 1.00 bits per heavy atom. The summed E-state index contributed by atoms with van der Waals surface area (Å²) in [5, 5.41) is 0.640. The average molecular weight is 521 g/mol. The Balaban J connectivity index is 1.36. The molecule has 5 rings (SSSR count). The number of benzene rings is 2. The second-order valence-electron chi connectivity index (χ2n) is 10.3. The molecule has 2 atom stereocenters. The average Bonchev–Trinajstić information content (AvgIpc) is 3.25. The van der Waals surface area contributed by atoms with Crippen LogP contribution in [-0.4, -0.2) is 88.8 Å². The van der Waals surface area contributed by atoms with Gasteiger partial charge in [0, 0.05) is 67.0 Å². The number of morpholine rings is 1. The normalized spacial score (nSPS) is 20.6. The van der Waals surface area contributed by atoms with Gasteiger partial charge in [-0.1, -0.05) is 12.1 Å². The van der Waals surface area contributed by atoms with Crippen LogP contribution >= 0.6 is 0 Å². The minimum absolute atomic E-state index is 0.0452. The zero-order valence-corrected chi connectivity index (χ0v) is 22.0. The van der Waals surface area contributed by atoms with Gasteiger partial charge in [-0.05, 0) is 56.7 Å². The molecule has 200 valence electrons. The van der Waals surface area contributed by atoms with Crippen molar-refractivity contribution in [2.24, 2.45) is 0 Å². The Kier molecular flexibility index (Phi) is 7.32. The van der Waals surface area contributed by atoms with Gasteiger partial charge in [-0.15, -0.1) is 0 Å². The molecule has 0 aliphatic carbocycles. The number of nitrogens with zero attached hydrogens (tertiary/aromatic N) is 3. The topological polar surface area (TPSA) is 85.9 Å². The number of Topliss-reactive ketones (excluding diaryl/α,β-unsaturated/α-hetero) is 1. The molecule has 0 radical (unpaired) electrons. The van der Waals surface area contributed by atoms with Gasteiger partial charge in [0.1, 0.15) is 5.82 Å². The summed E-state index contributed by atoms with van der Waals surface area (Å²) in [4.78, 5) is 48.6. The van der Waals surface area contributed by atoms with Gasteiger partial charge in [0.2, 0.25) is 5.78 Å². The lowest BCUT2D eigenvalue weighted by Gasteiger charge is -2.44. The quantitative estimate of drug-likeness (QED) is 0.412. The van der Waals surface area contributed by atoms with Crippen molar-refractivity contribution < 1.29 is 23.5 Å². The minimum Gasteiger partial charge on any atom is -0.378 e. The molecular formula is C29H33FN4O4. The molecule has 2 aromatic carbocycles. The van der Waals surface area contributed by atoms with Gasteiger partial charge in [0.25, 0.3) is 11.8 Å². The fourth-order valence-electron chi connectivity index (χ4n) is 5.45. The molecule has 2 saturated heterocycles. The first kappa shape index (κ1) is 26.1. The molecule has 8 nitrogen and oxygen atoms in total. The number of hydrogen-bond donors (Lipinski definition) is 1. The van der Waals surface area contributed by atoms with Gasteiger partial charge in [-0.3, -0.25) is 19.3 Å². The Labute approximate surface area is 221 Å². The first-order chi connectivity index (χ1) is 18.2. The number of carbonyl (C=O) groups is 3. The van der Waals surface area contributed by atoms with Crippen LogP contribution in [0.5, 0.6) is 0 Å². The number of ether oxygens (including phenoxy) is 1. The van der Waals surface area contributed by atoms with Crippen LogP contribution in [0.2, 0.25) is 0 Å². The summed E-state index contributed by atoms with van der Waals surface area (Å²) in [7, 11) is 0. The van der Waals surface area contributed by atoms with Crippen LogP contribution in [0.4, 0.5) is 4.39 Å². The molecule has 2 aliphatic heterocycles. The lowest BCUT2D eigenvalue weighted by molar-refractivity contribution is -0.130. The molecule has 2 fully saturated rings. The van der Waals surface area contributed by atoms with Crippen molar-refractivity contribution in [3.05, 3.63) is 70.7 Å². The standard InChI is InChI=1S/C29H33FN4O4/c1-18-16-34(19(2)15-33(18)17-21-4-7-23(30)8-5-21)28(36)26-20(3)31-25-9-6-22(14-24(25)26)27(35)29(37)32-10-12-38-13-11-32/h4-9,14,18-19,31H,10-13,15-17H2,1-3H3. The van der Waals surface area contributed by atoms with Crippen LogP contribution in [0.25, 0.3) is 10.9 Å². The molecule has 0 spiro atoms. The smallest absolute Gasteiger partial charge is 0.295 e. The largest absolute Gasteiger partial charge is 0.378 e. The fraction of sp³-hybridized carbons (Fsp3) is 0.414. The fourth-order valence-corrected chi connectivity index (χ4v) is 5.45. The maximum Gasteiger partial charge on any atom is 0.295 e. The van der Waals surface area contributed by atoms with E-state index >= 15 is 0 Å². The maximum atomic E-state index is 13.9.